The highest BCUT2D eigenvalue weighted by molar-refractivity contribution is 5.97. The quantitative estimate of drug-likeness (QED) is 0.342. The first kappa shape index (κ1) is 21.7. The number of aromatic amines is 2. The van der Waals surface area contributed by atoms with Crippen LogP contribution in [0.3, 0.4) is 0 Å². The second kappa shape index (κ2) is 8.46. The third kappa shape index (κ3) is 3.70. The molecule has 0 aliphatic heterocycles. The van der Waals surface area contributed by atoms with Crippen LogP contribution in [0.25, 0.3) is 55.8 Å². The fourth-order valence-electron chi connectivity index (χ4n) is 4.30. The third-order valence-corrected chi connectivity index (χ3v) is 6.16. The van der Waals surface area contributed by atoms with Crippen LogP contribution >= 0.6 is 0 Å². The van der Waals surface area contributed by atoms with Gasteiger partial charge in [0.2, 0.25) is 0 Å². The number of rotatable bonds is 5. The molecule has 0 saturated carbocycles. The molecule has 0 bridgehead atoms. The molecule has 0 radical (unpaired) electrons. The van der Waals surface area contributed by atoms with E-state index >= 15 is 0 Å². The summed E-state index contributed by atoms with van der Waals surface area (Å²) < 4.78 is 19.4. The van der Waals surface area contributed by atoms with E-state index in [1.807, 2.05) is 49.6 Å². The summed E-state index contributed by atoms with van der Waals surface area (Å²) in [4.78, 5) is 19.0. The normalized spacial score (nSPS) is 11.3. The van der Waals surface area contributed by atoms with Crippen molar-refractivity contribution in [2.24, 2.45) is 0 Å². The molecule has 0 fully saturated rings. The average molecular weight is 480 g/mol. The minimum absolute atomic E-state index is 0.385. The maximum Gasteiger partial charge on any atom is 0.160 e. The van der Waals surface area contributed by atoms with Crippen LogP contribution < -0.4 is 9.64 Å². The van der Waals surface area contributed by atoms with E-state index in [9.17, 15) is 4.39 Å². The maximum atomic E-state index is 14.2. The first-order valence-corrected chi connectivity index (χ1v) is 11.3. The molecule has 2 aromatic carbocycles. The second-order valence-corrected chi connectivity index (χ2v) is 8.68. The number of hydrogen-bond donors (Lipinski definition) is 2. The van der Waals surface area contributed by atoms with Crippen LogP contribution in [0.15, 0.2) is 67.1 Å². The highest BCUT2D eigenvalue weighted by Gasteiger charge is 2.17. The van der Waals surface area contributed by atoms with Gasteiger partial charge in [0.1, 0.15) is 22.8 Å². The predicted molar refractivity (Wildman–Crippen MR) is 138 cm³/mol. The molecule has 0 unspecified atom stereocenters. The van der Waals surface area contributed by atoms with Crippen molar-refractivity contribution in [2.75, 3.05) is 26.1 Å². The molecule has 0 amide bonds. The number of halogens is 1. The van der Waals surface area contributed by atoms with Crippen molar-refractivity contribution < 1.29 is 9.13 Å². The molecule has 9 heteroatoms. The van der Waals surface area contributed by atoms with Gasteiger partial charge in [0.15, 0.2) is 11.5 Å². The second-order valence-electron chi connectivity index (χ2n) is 8.68. The minimum Gasteiger partial charge on any atom is -0.497 e. The number of nitrogens with zero attached hydrogens (tertiary/aromatic N) is 5. The monoisotopic (exact) mass is 479 g/mol. The van der Waals surface area contributed by atoms with Gasteiger partial charge in [0.05, 0.1) is 24.5 Å². The number of aromatic nitrogens is 6. The van der Waals surface area contributed by atoms with Crippen LogP contribution in [0.5, 0.6) is 5.75 Å². The summed E-state index contributed by atoms with van der Waals surface area (Å²) >= 11 is 0. The molecule has 0 saturated heterocycles. The number of ether oxygens (including phenoxy) is 1. The van der Waals surface area contributed by atoms with E-state index in [1.165, 1.54) is 19.2 Å². The van der Waals surface area contributed by atoms with E-state index in [-0.39, 0.29) is 5.82 Å². The summed E-state index contributed by atoms with van der Waals surface area (Å²) in [5.41, 5.74) is 7.19. The molecule has 8 nitrogen and oxygen atoms in total. The van der Waals surface area contributed by atoms with Gasteiger partial charge in [0, 0.05) is 49.1 Å². The number of methoxy groups -OCH3 is 1. The Bertz CT molecular complexity index is 1740. The Morgan fingerprint density at radius 3 is 2.67 bits per heavy atom. The van der Waals surface area contributed by atoms with Crippen molar-refractivity contribution in [1.82, 2.24) is 30.1 Å². The number of H-pyrrole nitrogens is 2. The Kier molecular flexibility index (Phi) is 5.10. The van der Waals surface area contributed by atoms with Gasteiger partial charge < -0.3 is 14.6 Å². The molecule has 0 spiro atoms. The van der Waals surface area contributed by atoms with E-state index in [4.69, 9.17) is 9.72 Å². The summed E-state index contributed by atoms with van der Waals surface area (Å²) in [6, 6.07) is 14.6. The largest absolute Gasteiger partial charge is 0.497 e. The van der Waals surface area contributed by atoms with Crippen LogP contribution in [-0.4, -0.2) is 51.3 Å². The number of fused-ring (bicyclic) bond motifs is 2. The topological polar surface area (TPSA) is 95.6 Å². The van der Waals surface area contributed by atoms with E-state index in [2.05, 4.69) is 37.3 Å². The number of benzene rings is 2. The van der Waals surface area contributed by atoms with E-state index in [0.717, 1.165) is 33.3 Å². The fraction of sp³-hybridized carbons (Fsp3) is 0.111. The number of anilines is 1. The highest BCUT2D eigenvalue weighted by Crippen LogP contribution is 2.34. The molecule has 2 N–H and O–H groups in total. The van der Waals surface area contributed by atoms with E-state index in [1.54, 1.807) is 12.3 Å². The maximum absolute atomic E-state index is 14.2. The van der Waals surface area contributed by atoms with Crippen molar-refractivity contribution in [3.05, 3.63) is 72.9 Å². The molecule has 4 aromatic heterocycles. The number of nitrogens with one attached hydrogen (secondary N) is 2. The Morgan fingerprint density at radius 2 is 1.83 bits per heavy atom. The van der Waals surface area contributed by atoms with Crippen molar-refractivity contribution in [3.8, 4) is 39.5 Å². The lowest BCUT2D eigenvalue weighted by Gasteiger charge is -2.13. The molecule has 0 aliphatic rings. The van der Waals surface area contributed by atoms with Crippen molar-refractivity contribution in [3.63, 3.8) is 0 Å². The van der Waals surface area contributed by atoms with Gasteiger partial charge in [-0.25, -0.2) is 14.4 Å². The molecule has 6 aromatic rings. The number of imidazole rings is 1. The Labute approximate surface area is 205 Å². The summed E-state index contributed by atoms with van der Waals surface area (Å²) in [7, 11) is 5.49. The van der Waals surface area contributed by atoms with E-state index < -0.39 is 0 Å². The first-order chi connectivity index (χ1) is 17.5. The fourth-order valence-corrected chi connectivity index (χ4v) is 4.30. The van der Waals surface area contributed by atoms with Gasteiger partial charge in [0.25, 0.3) is 0 Å². The van der Waals surface area contributed by atoms with Gasteiger partial charge in [-0.1, -0.05) is 6.07 Å². The zero-order chi connectivity index (χ0) is 24.8. The smallest absolute Gasteiger partial charge is 0.160 e. The van der Waals surface area contributed by atoms with Crippen LogP contribution in [-0.2, 0) is 0 Å². The molecular formula is C27H22FN7O. The van der Waals surface area contributed by atoms with Crippen LogP contribution in [0.1, 0.15) is 0 Å². The Balaban J connectivity index is 1.47. The summed E-state index contributed by atoms with van der Waals surface area (Å²) in [6.45, 7) is 0. The molecule has 4 heterocycles. The Morgan fingerprint density at radius 1 is 0.944 bits per heavy atom. The lowest BCUT2D eigenvalue weighted by Crippen LogP contribution is -2.08. The van der Waals surface area contributed by atoms with Gasteiger partial charge in [-0.05, 0) is 47.5 Å². The SMILES string of the molecule is COc1cc(F)cc(-c2ccnc3[nH]c(-c4n[nH]c5ccc(-c6cncc(N(C)C)c6)cc45)nc23)c1. The summed E-state index contributed by atoms with van der Waals surface area (Å²) in [5, 5.41) is 8.54. The molecule has 0 atom stereocenters. The van der Waals surface area contributed by atoms with Gasteiger partial charge >= 0.3 is 0 Å². The average Bonchev–Trinajstić information content (AvgIpc) is 3.51. The number of pyridine rings is 2. The minimum atomic E-state index is -0.385. The molecule has 178 valence electrons. The molecule has 6 rings (SSSR count). The first-order valence-electron chi connectivity index (χ1n) is 11.3. The number of hydrogen-bond acceptors (Lipinski definition) is 6. The van der Waals surface area contributed by atoms with Crippen LogP contribution in [0, 0.1) is 5.82 Å². The standard InChI is InChI=1S/C27H22FN7O/c1-35(2)19-9-17(13-29-14-19)15-4-5-23-22(11-15)25(34-33-23)27-31-24-21(6-7-30-26(24)32-27)16-8-18(28)12-20(10-16)36-3/h4-14H,1-3H3,(H,33,34)(H,30,31,32). The van der Waals surface area contributed by atoms with Crippen LogP contribution in [0.2, 0.25) is 0 Å². The molecule has 36 heavy (non-hydrogen) atoms. The Hall–Kier alpha value is -4.79. The van der Waals surface area contributed by atoms with Crippen LogP contribution in [0.4, 0.5) is 10.1 Å². The lowest BCUT2D eigenvalue weighted by atomic mass is 10.0. The lowest BCUT2D eigenvalue weighted by molar-refractivity contribution is 0.411. The molecule has 0 aliphatic carbocycles. The van der Waals surface area contributed by atoms with Gasteiger partial charge in [-0.2, -0.15) is 5.10 Å². The zero-order valence-electron chi connectivity index (χ0n) is 19.9. The van der Waals surface area contributed by atoms with Gasteiger partial charge in [-0.15, -0.1) is 0 Å². The summed E-state index contributed by atoms with van der Waals surface area (Å²) in [6.07, 6.45) is 5.35. The predicted octanol–water partition coefficient (Wildman–Crippen LogP) is 5.44. The van der Waals surface area contributed by atoms with E-state index in [0.29, 0.717) is 34.0 Å². The summed E-state index contributed by atoms with van der Waals surface area (Å²) in [5.74, 6) is 0.616. The zero-order valence-corrected chi connectivity index (χ0v) is 19.9. The highest BCUT2D eigenvalue weighted by atomic mass is 19.1. The van der Waals surface area contributed by atoms with Crippen molar-refractivity contribution >= 4 is 27.8 Å². The van der Waals surface area contributed by atoms with Crippen molar-refractivity contribution in [1.29, 1.82) is 0 Å². The van der Waals surface area contributed by atoms with Gasteiger partial charge in [-0.3, -0.25) is 10.1 Å². The third-order valence-electron chi connectivity index (χ3n) is 6.16. The van der Waals surface area contributed by atoms with Crippen molar-refractivity contribution in [2.45, 2.75) is 0 Å². The molecular weight excluding hydrogens is 457 g/mol.